The lowest BCUT2D eigenvalue weighted by Crippen LogP contribution is -2.24. The van der Waals surface area contributed by atoms with Gasteiger partial charge in [-0.25, -0.2) is 8.78 Å². The second kappa shape index (κ2) is 2.81. The molecular weight excluding hydrogens is 135 g/mol. The Morgan fingerprint density at radius 1 is 1.25 bits per heavy atom. The normalized spacial score (nSPS) is 11.2. The molecule has 0 aromatic carbocycles. The van der Waals surface area contributed by atoms with Crippen LogP contribution in [0, 0.1) is 0 Å². The van der Waals surface area contributed by atoms with Gasteiger partial charge in [0.1, 0.15) is 0 Å². The Bertz CT molecular complexity index is 55.9. The van der Waals surface area contributed by atoms with Gasteiger partial charge < -0.3 is 5.11 Å². The molecule has 0 atom stereocenters. The molecule has 0 unspecified atom stereocenters. The van der Waals surface area contributed by atoms with E-state index in [-0.39, 0.29) is 4.70 Å². The summed E-state index contributed by atoms with van der Waals surface area (Å²) in [5.74, 6) is 0. The lowest BCUT2D eigenvalue weighted by molar-refractivity contribution is -0.271. The van der Waals surface area contributed by atoms with E-state index in [4.69, 9.17) is 5.11 Å². The molecule has 1 N–H and O–H groups in total. The monoisotopic (exact) mass is 138 g/mol. The molecule has 0 bridgehead atoms. The Morgan fingerprint density at radius 2 is 1.38 bits per heavy atom. The molecule has 0 aliphatic rings. The van der Waals surface area contributed by atoms with E-state index in [1.165, 1.54) is 0 Å². The highest BCUT2D eigenvalue weighted by atomic mass is 19.3. The molecule has 0 saturated carbocycles. The number of hydrogen-bond acceptors (Lipinski definition) is 1. The molecule has 0 radical (unpaired) electrons. The van der Waals surface area contributed by atoms with Gasteiger partial charge in [0.15, 0.2) is 0 Å². The minimum absolute atomic E-state index is 0. The first-order valence-electron chi connectivity index (χ1n) is 1.33. The molecule has 0 heterocycles. The molecule has 0 aromatic heterocycles. The van der Waals surface area contributed by atoms with Crippen molar-refractivity contribution in [3.05, 3.63) is 0 Å². The van der Waals surface area contributed by atoms with Crippen LogP contribution in [0.25, 0.3) is 0 Å². The van der Waals surface area contributed by atoms with E-state index in [0.717, 1.165) is 0 Å². The average Bonchev–Trinajstić information content (AvgIpc) is 1.31. The minimum atomic E-state index is -4.83. The summed E-state index contributed by atoms with van der Waals surface area (Å²) in [5, 5.41) is 7.01. The predicted molar refractivity (Wildman–Crippen MR) is 15.7 cm³/mol. The smallest absolute Gasteiger partial charge is 0.332 e. The first kappa shape index (κ1) is 10.6. The zero-order valence-electron chi connectivity index (χ0n) is 3.44. The number of halogens is 5. The van der Waals surface area contributed by atoms with E-state index in [1.807, 2.05) is 0 Å². The maximum absolute atomic E-state index is 10.7. The van der Waals surface area contributed by atoms with Gasteiger partial charge in [0.25, 0.3) is 0 Å². The van der Waals surface area contributed by atoms with Crippen molar-refractivity contribution in [3.8, 4) is 0 Å². The summed E-state index contributed by atoms with van der Waals surface area (Å²) in [4.78, 5) is 0. The molecular formula is C2H3F5O. The maximum atomic E-state index is 10.7. The average molecular weight is 138 g/mol. The molecule has 0 aliphatic carbocycles. The highest BCUT2D eigenvalue weighted by molar-refractivity contribution is 4.47. The highest BCUT2D eigenvalue weighted by Crippen LogP contribution is 2.17. The van der Waals surface area contributed by atoms with Crippen LogP contribution in [-0.4, -0.2) is 17.6 Å². The number of hydrogen-bond donors (Lipinski definition) is 1. The van der Waals surface area contributed by atoms with Crippen molar-refractivity contribution >= 4 is 0 Å². The fraction of sp³-hybridized carbons (Fsp3) is 1.00. The van der Waals surface area contributed by atoms with Gasteiger partial charge in [0, 0.05) is 0 Å². The van der Waals surface area contributed by atoms with Crippen molar-refractivity contribution in [2.45, 2.75) is 12.5 Å². The van der Waals surface area contributed by atoms with E-state index in [9.17, 15) is 17.6 Å². The predicted octanol–water partition coefficient (Wildman–Crippen LogP) is 0.989. The number of rotatable bonds is 1. The topological polar surface area (TPSA) is 20.2 Å². The van der Waals surface area contributed by atoms with Crippen molar-refractivity contribution in [1.82, 2.24) is 0 Å². The molecule has 0 aliphatic heterocycles. The second-order valence-corrected chi connectivity index (χ2v) is 0.888. The lowest BCUT2D eigenvalue weighted by Gasteiger charge is -2.03. The maximum Gasteiger partial charge on any atom is 0.414 e. The van der Waals surface area contributed by atoms with Crippen LogP contribution < -0.4 is 0 Å². The first-order chi connectivity index (χ1) is 2.94. The van der Waals surface area contributed by atoms with Crippen molar-refractivity contribution in [2.24, 2.45) is 0 Å². The van der Waals surface area contributed by atoms with Gasteiger partial charge in [0.2, 0.25) is 0 Å². The zero-order valence-corrected chi connectivity index (χ0v) is 3.44. The van der Waals surface area contributed by atoms with Crippen LogP contribution in [0.2, 0.25) is 0 Å². The van der Waals surface area contributed by atoms with Gasteiger partial charge >= 0.3 is 12.5 Å². The molecule has 0 fully saturated rings. The van der Waals surface area contributed by atoms with Gasteiger partial charge in [-0.05, 0) is 0 Å². The fourth-order valence-electron chi connectivity index (χ4n) is 0. The first-order valence-corrected chi connectivity index (χ1v) is 1.33. The summed E-state index contributed by atoms with van der Waals surface area (Å²) in [7, 11) is 0. The van der Waals surface area contributed by atoms with Crippen molar-refractivity contribution in [2.75, 3.05) is 0 Å². The SMILES string of the molecule is F.OC(F)(F)C(F)F. The van der Waals surface area contributed by atoms with Crippen LogP contribution in [0.1, 0.15) is 0 Å². The Kier molecular flexibility index (Phi) is 3.71. The Balaban J connectivity index is 0. The summed E-state index contributed by atoms with van der Waals surface area (Å²) in [6.07, 6.45) is -8.81. The molecule has 52 valence electrons. The number of alkyl halides is 4. The van der Waals surface area contributed by atoms with Gasteiger partial charge in [-0.15, -0.1) is 0 Å². The Morgan fingerprint density at radius 3 is 1.38 bits per heavy atom. The summed E-state index contributed by atoms with van der Waals surface area (Å²) in [5.41, 5.74) is 0. The van der Waals surface area contributed by atoms with Crippen LogP contribution in [0.4, 0.5) is 22.3 Å². The molecule has 0 rings (SSSR count). The molecule has 8 heavy (non-hydrogen) atoms. The van der Waals surface area contributed by atoms with Crippen LogP contribution in [-0.2, 0) is 0 Å². The minimum Gasteiger partial charge on any atom is -0.332 e. The third-order valence-electron chi connectivity index (χ3n) is 0.263. The van der Waals surface area contributed by atoms with Gasteiger partial charge in [0.05, 0.1) is 0 Å². The molecule has 1 nitrogen and oxygen atoms in total. The Hall–Kier alpha value is -0.390. The van der Waals surface area contributed by atoms with Crippen molar-refractivity contribution in [1.29, 1.82) is 0 Å². The highest BCUT2D eigenvalue weighted by Gasteiger charge is 2.37. The lowest BCUT2D eigenvalue weighted by atomic mass is 10.7. The third kappa shape index (κ3) is 3.79. The Labute approximate surface area is 41.3 Å². The van der Waals surface area contributed by atoms with Crippen LogP contribution >= 0.6 is 0 Å². The largest absolute Gasteiger partial charge is 0.414 e. The zero-order chi connectivity index (χ0) is 6.08. The standard InChI is InChI=1S/C2H2F4O.FH/c3-1(4)2(5,6)7;/h1,7H;1H. The quantitative estimate of drug-likeness (QED) is 0.535. The molecule has 0 saturated heterocycles. The summed E-state index contributed by atoms with van der Waals surface area (Å²) >= 11 is 0. The molecule has 0 amide bonds. The third-order valence-corrected chi connectivity index (χ3v) is 0.263. The van der Waals surface area contributed by atoms with Crippen LogP contribution in [0.3, 0.4) is 0 Å². The van der Waals surface area contributed by atoms with E-state index in [2.05, 4.69) is 0 Å². The van der Waals surface area contributed by atoms with Crippen LogP contribution in [0.15, 0.2) is 0 Å². The van der Waals surface area contributed by atoms with Gasteiger partial charge in [-0.3, -0.25) is 4.70 Å². The fourth-order valence-corrected chi connectivity index (χ4v) is 0. The van der Waals surface area contributed by atoms with Crippen LogP contribution in [0.5, 0.6) is 0 Å². The molecule has 6 heteroatoms. The second-order valence-electron chi connectivity index (χ2n) is 0.888. The van der Waals surface area contributed by atoms with Crippen molar-refractivity contribution in [3.63, 3.8) is 0 Å². The van der Waals surface area contributed by atoms with E-state index >= 15 is 0 Å². The number of aliphatic hydroxyl groups is 1. The van der Waals surface area contributed by atoms with E-state index < -0.39 is 12.5 Å². The molecule has 0 aromatic rings. The van der Waals surface area contributed by atoms with E-state index in [1.54, 1.807) is 0 Å². The summed E-state index contributed by atoms with van der Waals surface area (Å²) < 4.78 is 42.4. The summed E-state index contributed by atoms with van der Waals surface area (Å²) in [6, 6.07) is 0. The van der Waals surface area contributed by atoms with Gasteiger partial charge in [-0.2, -0.15) is 8.78 Å². The van der Waals surface area contributed by atoms with Crippen molar-refractivity contribution < 1.29 is 27.4 Å². The molecule has 0 spiro atoms. The van der Waals surface area contributed by atoms with Gasteiger partial charge in [-0.1, -0.05) is 0 Å². The van der Waals surface area contributed by atoms with E-state index in [0.29, 0.717) is 0 Å². The summed E-state index contributed by atoms with van der Waals surface area (Å²) in [6.45, 7) is 0.